The maximum absolute atomic E-state index is 13.0. The second kappa shape index (κ2) is 6.82. The molecule has 2 fully saturated rings. The summed E-state index contributed by atoms with van der Waals surface area (Å²) in [5, 5.41) is 3.70. The van der Waals surface area contributed by atoms with Crippen LogP contribution in [-0.4, -0.2) is 36.5 Å². The first-order valence-corrected chi connectivity index (χ1v) is 10.8. The number of likely N-dealkylation sites (tertiary alicyclic amines) is 1. The number of rotatable bonds is 4. The molecule has 4 heteroatoms. The maximum atomic E-state index is 13.0. The number of thiophene rings is 1. The van der Waals surface area contributed by atoms with E-state index in [0.29, 0.717) is 6.04 Å². The van der Waals surface area contributed by atoms with Crippen LogP contribution in [0.2, 0.25) is 0 Å². The van der Waals surface area contributed by atoms with Crippen LogP contribution >= 0.6 is 11.3 Å². The van der Waals surface area contributed by atoms with E-state index in [0.717, 1.165) is 49.6 Å². The lowest BCUT2D eigenvalue weighted by Gasteiger charge is -2.32. The molecule has 0 bridgehead atoms. The number of piperidine rings is 1. The number of aryl methyl sites for hydroxylation is 2. The van der Waals surface area contributed by atoms with Crippen molar-refractivity contribution < 1.29 is 4.79 Å². The molecule has 0 unspecified atom stereocenters. The fraction of sp³-hybridized carbons (Fsp3) is 0.500. The second-order valence-electron chi connectivity index (χ2n) is 8.04. The Morgan fingerprint density at radius 3 is 2.65 bits per heavy atom. The minimum atomic E-state index is 0.238. The van der Waals surface area contributed by atoms with Crippen molar-refractivity contribution in [3.8, 4) is 10.4 Å². The third-order valence-electron chi connectivity index (χ3n) is 6.12. The van der Waals surface area contributed by atoms with Gasteiger partial charge < -0.3 is 10.2 Å². The Labute approximate surface area is 159 Å². The van der Waals surface area contributed by atoms with Crippen molar-refractivity contribution in [1.29, 1.82) is 0 Å². The van der Waals surface area contributed by atoms with Crippen LogP contribution in [0.4, 0.5) is 0 Å². The molecule has 1 aromatic carbocycles. The van der Waals surface area contributed by atoms with E-state index in [2.05, 4.69) is 40.5 Å². The molecule has 0 spiro atoms. The fourth-order valence-electron chi connectivity index (χ4n) is 4.27. The van der Waals surface area contributed by atoms with E-state index in [1.165, 1.54) is 41.0 Å². The van der Waals surface area contributed by atoms with Gasteiger partial charge in [-0.25, -0.2) is 0 Å². The number of nitrogens with one attached hydrogen (secondary N) is 1. The number of carbonyl (C=O) groups is 1. The highest BCUT2D eigenvalue weighted by atomic mass is 32.1. The smallest absolute Gasteiger partial charge is 0.263 e. The van der Waals surface area contributed by atoms with Crippen LogP contribution in [0.5, 0.6) is 0 Å². The zero-order chi connectivity index (χ0) is 17.5. The largest absolute Gasteiger partial charge is 0.338 e. The van der Waals surface area contributed by atoms with Crippen LogP contribution in [0.25, 0.3) is 10.4 Å². The molecule has 3 nitrogen and oxygen atoms in total. The Balaban J connectivity index is 1.26. The second-order valence-corrected chi connectivity index (χ2v) is 9.09. The summed E-state index contributed by atoms with van der Waals surface area (Å²) in [6.45, 7) is 2.95. The molecule has 2 heterocycles. The first-order valence-electron chi connectivity index (χ1n) is 10.0. The number of hydrogen-bond acceptors (Lipinski definition) is 3. The summed E-state index contributed by atoms with van der Waals surface area (Å²) >= 11 is 1.70. The summed E-state index contributed by atoms with van der Waals surface area (Å²) < 4.78 is 0. The molecular weight excluding hydrogens is 340 g/mol. The molecule has 1 saturated carbocycles. The Kier molecular flexibility index (Phi) is 4.33. The highest BCUT2D eigenvalue weighted by Gasteiger charge is 2.28. The number of fused-ring (bicyclic) bond motifs is 3. The lowest BCUT2D eigenvalue weighted by atomic mass is 9.91. The molecule has 1 aromatic heterocycles. The molecule has 3 aliphatic rings. The molecule has 1 saturated heterocycles. The van der Waals surface area contributed by atoms with Crippen molar-refractivity contribution in [2.75, 3.05) is 19.6 Å². The lowest BCUT2D eigenvalue weighted by molar-refractivity contribution is 0.0710. The summed E-state index contributed by atoms with van der Waals surface area (Å²) in [5.74, 6) is 1.16. The summed E-state index contributed by atoms with van der Waals surface area (Å²) in [5.41, 5.74) is 4.11. The average molecular weight is 367 g/mol. The van der Waals surface area contributed by atoms with Crippen LogP contribution in [0.15, 0.2) is 30.3 Å². The fourth-order valence-corrected chi connectivity index (χ4v) is 5.51. The number of hydrogen-bond donors (Lipinski definition) is 1. The van der Waals surface area contributed by atoms with Gasteiger partial charge >= 0.3 is 0 Å². The van der Waals surface area contributed by atoms with Crippen LogP contribution in [0.3, 0.4) is 0 Å². The van der Waals surface area contributed by atoms with Crippen molar-refractivity contribution >= 4 is 17.2 Å². The van der Waals surface area contributed by atoms with Crippen molar-refractivity contribution in [3.05, 3.63) is 46.3 Å². The molecule has 0 radical (unpaired) electrons. The van der Waals surface area contributed by atoms with E-state index >= 15 is 0 Å². The molecule has 26 heavy (non-hydrogen) atoms. The summed E-state index contributed by atoms with van der Waals surface area (Å²) in [6, 6.07) is 11.4. The van der Waals surface area contributed by atoms with Gasteiger partial charge in [0.25, 0.3) is 5.91 Å². The molecule has 2 aromatic rings. The van der Waals surface area contributed by atoms with E-state index in [-0.39, 0.29) is 5.91 Å². The number of benzene rings is 1. The van der Waals surface area contributed by atoms with E-state index in [1.54, 1.807) is 11.3 Å². The molecule has 1 aliphatic heterocycles. The first-order chi connectivity index (χ1) is 12.8. The molecule has 1 amide bonds. The molecule has 1 N–H and O–H groups in total. The summed E-state index contributed by atoms with van der Waals surface area (Å²) in [7, 11) is 0. The minimum Gasteiger partial charge on any atom is -0.338 e. The van der Waals surface area contributed by atoms with E-state index in [1.807, 2.05) is 0 Å². The van der Waals surface area contributed by atoms with Gasteiger partial charge in [0, 0.05) is 24.0 Å². The highest BCUT2D eigenvalue weighted by Crippen LogP contribution is 2.40. The highest BCUT2D eigenvalue weighted by molar-refractivity contribution is 7.17. The Morgan fingerprint density at radius 2 is 1.85 bits per heavy atom. The SMILES string of the molecule is O=C(c1cc2c(s1)-c1ccccc1CC2)N1CCC(NCC2CC2)CC1. The van der Waals surface area contributed by atoms with Gasteiger partial charge in [0.1, 0.15) is 0 Å². The van der Waals surface area contributed by atoms with E-state index in [9.17, 15) is 4.79 Å². The molecule has 0 atom stereocenters. The van der Waals surface area contributed by atoms with Crippen molar-refractivity contribution in [1.82, 2.24) is 10.2 Å². The number of nitrogens with zero attached hydrogens (tertiary/aromatic N) is 1. The molecular formula is C22H26N2OS. The van der Waals surface area contributed by atoms with Gasteiger partial charge in [0.2, 0.25) is 0 Å². The van der Waals surface area contributed by atoms with Crippen LogP contribution in [0, 0.1) is 5.92 Å². The van der Waals surface area contributed by atoms with Gasteiger partial charge in [-0.1, -0.05) is 24.3 Å². The van der Waals surface area contributed by atoms with Crippen LogP contribution in [-0.2, 0) is 12.8 Å². The quantitative estimate of drug-likeness (QED) is 0.883. The van der Waals surface area contributed by atoms with Crippen molar-refractivity contribution in [2.24, 2.45) is 5.92 Å². The van der Waals surface area contributed by atoms with Crippen molar-refractivity contribution in [2.45, 2.75) is 44.6 Å². The Morgan fingerprint density at radius 1 is 1.08 bits per heavy atom. The third kappa shape index (κ3) is 3.21. The summed E-state index contributed by atoms with van der Waals surface area (Å²) in [6.07, 6.45) is 7.13. The Bertz CT molecular complexity index is 815. The van der Waals surface area contributed by atoms with Crippen LogP contribution < -0.4 is 5.32 Å². The maximum Gasteiger partial charge on any atom is 0.263 e. The topological polar surface area (TPSA) is 32.3 Å². The predicted octanol–water partition coefficient (Wildman–Crippen LogP) is 4.12. The van der Waals surface area contributed by atoms with Gasteiger partial charge in [0.15, 0.2) is 0 Å². The zero-order valence-corrected chi connectivity index (χ0v) is 16.0. The number of carbonyl (C=O) groups excluding carboxylic acids is 1. The van der Waals surface area contributed by atoms with Gasteiger partial charge in [-0.2, -0.15) is 0 Å². The van der Waals surface area contributed by atoms with Crippen LogP contribution in [0.1, 0.15) is 46.5 Å². The van der Waals surface area contributed by atoms with Gasteiger partial charge in [0.05, 0.1) is 4.88 Å². The Hall–Kier alpha value is -1.65. The van der Waals surface area contributed by atoms with Gasteiger partial charge in [-0.3, -0.25) is 4.79 Å². The molecule has 5 rings (SSSR count). The van der Waals surface area contributed by atoms with E-state index in [4.69, 9.17) is 0 Å². The standard InChI is InChI=1S/C22H26N2OS/c25-22(24-11-9-18(10-12-24)23-14-15-5-6-15)20-13-17-8-7-16-3-1-2-4-19(16)21(17)26-20/h1-4,13,15,18,23H,5-12,14H2. The molecule has 2 aliphatic carbocycles. The zero-order valence-electron chi connectivity index (χ0n) is 15.2. The average Bonchev–Trinajstić information content (AvgIpc) is 3.42. The number of amides is 1. The first kappa shape index (κ1) is 16.5. The third-order valence-corrected chi connectivity index (χ3v) is 7.32. The van der Waals surface area contributed by atoms with Gasteiger partial charge in [-0.15, -0.1) is 11.3 Å². The normalized spacial score (nSPS) is 19.9. The molecule has 136 valence electrons. The summed E-state index contributed by atoms with van der Waals surface area (Å²) in [4.78, 5) is 17.3. The van der Waals surface area contributed by atoms with Gasteiger partial charge in [-0.05, 0) is 73.7 Å². The lowest BCUT2D eigenvalue weighted by Crippen LogP contribution is -2.45. The minimum absolute atomic E-state index is 0.238. The monoisotopic (exact) mass is 366 g/mol. The predicted molar refractivity (Wildman–Crippen MR) is 107 cm³/mol. The van der Waals surface area contributed by atoms with E-state index < -0.39 is 0 Å². The van der Waals surface area contributed by atoms with Crippen molar-refractivity contribution in [3.63, 3.8) is 0 Å².